The van der Waals surface area contributed by atoms with E-state index >= 15 is 0 Å². The molecule has 1 rings (SSSR count). The van der Waals surface area contributed by atoms with Crippen molar-refractivity contribution in [1.82, 2.24) is 0 Å². The van der Waals surface area contributed by atoms with Crippen LogP contribution in [0.15, 0.2) is 17.1 Å². The van der Waals surface area contributed by atoms with Crippen molar-refractivity contribution in [3.8, 4) is 5.75 Å². The summed E-state index contributed by atoms with van der Waals surface area (Å²) >= 11 is 5.38. The van der Waals surface area contributed by atoms with Gasteiger partial charge in [0.05, 0.1) is 5.88 Å². The van der Waals surface area contributed by atoms with E-state index in [4.69, 9.17) is 17.3 Å². The van der Waals surface area contributed by atoms with E-state index in [1.165, 1.54) is 12.1 Å². The predicted molar refractivity (Wildman–Crippen MR) is 54.8 cm³/mol. The smallest absolute Gasteiger partial charge is 0.149 e. The van der Waals surface area contributed by atoms with Crippen molar-refractivity contribution in [1.29, 1.82) is 0 Å². The standard InChI is InChI=1S/C9H10ClFN2O/c1-5-2-6(11)7(3-8(5)14)13-9(12)4-10/h2-3,14H,4H2,1H3,(H2,12,13). The van der Waals surface area contributed by atoms with Crippen LogP contribution in [0, 0.1) is 12.7 Å². The molecule has 5 heteroatoms. The molecular formula is C9H10ClFN2O. The van der Waals surface area contributed by atoms with E-state index in [2.05, 4.69) is 4.99 Å². The summed E-state index contributed by atoms with van der Waals surface area (Å²) in [7, 11) is 0. The minimum atomic E-state index is -0.534. The number of nitrogens with zero attached hydrogens (tertiary/aromatic N) is 1. The van der Waals surface area contributed by atoms with E-state index in [1.54, 1.807) is 6.92 Å². The molecule has 0 atom stereocenters. The van der Waals surface area contributed by atoms with Crippen LogP contribution in [0.3, 0.4) is 0 Å². The zero-order chi connectivity index (χ0) is 10.7. The first-order valence-electron chi connectivity index (χ1n) is 3.92. The first-order chi connectivity index (χ1) is 6.54. The Kier molecular flexibility index (Phi) is 3.30. The molecule has 0 fully saturated rings. The number of hydrogen-bond acceptors (Lipinski definition) is 2. The van der Waals surface area contributed by atoms with Gasteiger partial charge < -0.3 is 10.8 Å². The second kappa shape index (κ2) is 4.28. The van der Waals surface area contributed by atoms with Crippen LogP contribution in [0.25, 0.3) is 0 Å². The number of hydrogen-bond donors (Lipinski definition) is 2. The van der Waals surface area contributed by atoms with Crippen molar-refractivity contribution < 1.29 is 9.50 Å². The molecule has 0 amide bonds. The molecule has 0 aliphatic heterocycles. The molecule has 0 aliphatic carbocycles. The SMILES string of the molecule is Cc1cc(F)c(N=C(N)CCl)cc1O. The molecular weight excluding hydrogens is 207 g/mol. The maximum atomic E-state index is 13.2. The molecule has 3 nitrogen and oxygen atoms in total. The first kappa shape index (κ1) is 10.8. The van der Waals surface area contributed by atoms with Gasteiger partial charge in [0.25, 0.3) is 0 Å². The summed E-state index contributed by atoms with van der Waals surface area (Å²) < 4.78 is 13.2. The Morgan fingerprint density at radius 3 is 2.86 bits per heavy atom. The number of phenolic OH excluding ortho intramolecular Hbond substituents is 1. The van der Waals surface area contributed by atoms with Crippen molar-refractivity contribution in [3.05, 3.63) is 23.5 Å². The molecule has 3 N–H and O–H groups in total. The summed E-state index contributed by atoms with van der Waals surface area (Å²) in [5.74, 6) is -0.427. The van der Waals surface area contributed by atoms with E-state index in [0.29, 0.717) is 5.56 Å². The highest BCUT2D eigenvalue weighted by Gasteiger charge is 2.05. The number of aromatic hydroxyl groups is 1. The Bertz CT molecular complexity index is 379. The molecule has 0 radical (unpaired) electrons. The molecule has 76 valence electrons. The molecule has 14 heavy (non-hydrogen) atoms. The van der Waals surface area contributed by atoms with Gasteiger partial charge in [0, 0.05) is 6.07 Å². The Morgan fingerprint density at radius 2 is 2.29 bits per heavy atom. The van der Waals surface area contributed by atoms with Crippen LogP contribution in [0.5, 0.6) is 5.75 Å². The lowest BCUT2D eigenvalue weighted by molar-refractivity contribution is 0.469. The third kappa shape index (κ3) is 2.35. The van der Waals surface area contributed by atoms with Crippen molar-refractivity contribution >= 4 is 23.1 Å². The topological polar surface area (TPSA) is 58.6 Å². The number of aliphatic imine (C=N–C) groups is 1. The van der Waals surface area contributed by atoms with Crippen LogP contribution in [0.1, 0.15) is 5.56 Å². The van der Waals surface area contributed by atoms with Crippen LogP contribution in [0.2, 0.25) is 0 Å². The summed E-state index contributed by atoms with van der Waals surface area (Å²) in [5, 5.41) is 9.30. The second-order valence-electron chi connectivity index (χ2n) is 2.83. The molecule has 1 aromatic carbocycles. The second-order valence-corrected chi connectivity index (χ2v) is 3.09. The summed E-state index contributed by atoms with van der Waals surface area (Å²) in [4.78, 5) is 3.71. The van der Waals surface area contributed by atoms with Gasteiger partial charge >= 0.3 is 0 Å². The number of benzene rings is 1. The highest BCUT2D eigenvalue weighted by atomic mass is 35.5. The average Bonchev–Trinajstić information content (AvgIpc) is 2.14. The van der Waals surface area contributed by atoms with Gasteiger partial charge in [-0.15, -0.1) is 11.6 Å². The van der Waals surface area contributed by atoms with Crippen molar-refractivity contribution in [2.75, 3.05) is 5.88 Å². The van der Waals surface area contributed by atoms with Crippen molar-refractivity contribution in [3.63, 3.8) is 0 Å². The van der Waals surface area contributed by atoms with Gasteiger partial charge in [-0.2, -0.15) is 0 Å². The minimum Gasteiger partial charge on any atom is -0.508 e. The number of amidine groups is 1. The van der Waals surface area contributed by atoms with Crippen LogP contribution >= 0.6 is 11.6 Å². The van der Waals surface area contributed by atoms with Gasteiger partial charge in [-0.05, 0) is 18.6 Å². The quantitative estimate of drug-likeness (QED) is 0.452. The number of alkyl halides is 1. The molecule has 0 aromatic heterocycles. The molecule has 0 heterocycles. The average molecular weight is 217 g/mol. The summed E-state index contributed by atoms with van der Waals surface area (Å²) in [6, 6.07) is 2.40. The monoisotopic (exact) mass is 216 g/mol. The molecule has 0 saturated carbocycles. The molecule has 0 bridgehead atoms. The maximum Gasteiger partial charge on any atom is 0.149 e. The fourth-order valence-electron chi connectivity index (χ4n) is 0.921. The van der Waals surface area contributed by atoms with Crippen LogP contribution in [-0.2, 0) is 0 Å². The van der Waals surface area contributed by atoms with E-state index in [1.807, 2.05) is 0 Å². The predicted octanol–water partition coefficient (Wildman–Crippen LogP) is 2.07. The van der Waals surface area contributed by atoms with Crippen LogP contribution < -0.4 is 5.73 Å². The lowest BCUT2D eigenvalue weighted by Crippen LogP contribution is -2.12. The Balaban J connectivity index is 3.16. The highest BCUT2D eigenvalue weighted by molar-refractivity contribution is 6.28. The van der Waals surface area contributed by atoms with Gasteiger partial charge in [-0.25, -0.2) is 9.38 Å². The Morgan fingerprint density at radius 1 is 1.64 bits per heavy atom. The van der Waals surface area contributed by atoms with Gasteiger partial charge in [-0.1, -0.05) is 0 Å². The van der Waals surface area contributed by atoms with E-state index < -0.39 is 5.82 Å². The number of aryl methyl sites for hydroxylation is 1. The molecule has 0 saturated heterocycles. The normalized spacial score (nSPS) is 11.8. The summed E-state index contributed by atoms with van der Waals surface area (Å²) in [6.07, 6.45) is 0. The molecule has 0 spiro atoms. The molecule has 1 aromatic rings. The van der Waals surface area contributed by atoms with Crippen LogP contribution in [0.4, 0.5) is 10.1 Å². The lowest BCUT2D eigenvalue weighted by atomic mass is 10.2. The Labute approximate surface area is 86.0 Å². The zero-order valence-corrected chi connectivity index (χ0v) is 8.35. The third-order valence-corrected chi connectivity index (χ3v) is 1.94. The minimum absolute atomic E-state index is 0.00810. The van der Waals surface area contributed by atoms with Crippen LogP contribution in [-0.4, -0.2) is 16.8 Å². The fraction of sp³-hybridized carbons (Fsp3) is 0.222. The Hall–Kier alpha value is -1.29. The van der Waals surface area contributed by atoms with E-state index in [9.17, 15) is 9.50 Å². The van der Waals surface area contributed by atoms with Gasteiger partial charge in [0.1, 0.15) is 23.1 Å². The largest absolute Gasteiger partial charge is 0.508 e. The van der Waals surface area contributed by atoms with Crippen molar-refractivity contribution in [2.45, 2.75) is 6.92 Å². The fourth-order valence-corrected chi connectivity index (χ4v) is 0.980. The summed E-state index contributed by atoms with van der Waals surface area (Å²) in [6.45, 7) is 1.59. The van der Waals surface area contributed by atoms with Crippen molar-refractivity contribution in [2.24, 2.45) is 10.7 Å². The third-order valence-electron chi connectivity index (χ3n) is 1.67. The van der Waals surface area contributed by atoms with Gasteiger partial charge in [-0.3, -0.25) is 0 Å². The zero-order valence-electron chi connectivity index (χ0n) is 7.59. The number of nitrogens with two attached hydrogens (primary N) is 1. The lowest BCUT2D eigenvalue weighted by Gasteiger charge is -2.02. The van der Waals surface area contributed by atoms with E-state index in [-0.39, 0.29) is 23.2 Å². The van der Waals surface area contributed by atoms with Gasteiger partial charge in [0.2, 0.25) is 0 Å². The number of halogens is 2. The number of rotatable bonds is 2. The van der Waals surface area contributed by atoms with Gasteiger partial charge in [0.15, 0.2) is 0 Å². The molecule has 0 aliphatic rings. The van der Waals surface area contributed by atoms with E-state index in [0.717, 1.165) is 0 Å². The molecule has 0 unspecified atom stereocenters. The summed E-state index contributed by atoms with van der Waals surface area (Å²) in [5.41, 5.74) is 5.77. The maximum absolute atomic E-state index is 13.2. The number of phenols is 1. The highest BCUT2D eigenvalue weighted by Crippen LogP contribution is 2.26. The first-order valence-corrected chi connectivity index (χ1v) is 4.46.